The van der Waals surface area contributed by atoms with E-state index in [1.165, 1.54) is 12.1 Å². The van der Waals surface area contributed by atoms with E-state index in [0.717, 1.165) is 23.5 Å². The molecule has 0 radical (unpaired) electrons. The summed E-state index contributed by atoms with van der Waals surface area (Å²) in [5, 5.41) is 18.7. The second-order valence-electron chi connectivity index (χ2n) is 4.89. The Labute approximate surface area is 122 Å². The number of carboxylic acid groups (broad SMARTS) is 1. The van der Waals surface area contributed by atoms with Gasteiger partial charge in [0.25, 0.3) is 0 Å². The predicted octanol–water partition coefficient (Wildman–Crippen LogP) is 2.49. The van der Waals surface area contributed by atoms with Crippen molar-refractivity contribution in [3.63, 3.8) is 0 Å². The lowest BCUT2D eigenvalue weighted by atomic mass is 10.1. The van der Waals surface area contributed by atoms with Crippen molar-refractivity contribution in [3.8, 4) is 11.5 Å². The van der Waals surface area contributed by atoms with Crippen molar-refractivity contribution < 1.29 is 19.7 Å². The smallest absolute Gasteiger partial charge is 0.339 e. The van der Waals surface area contributed by atoms with Gasteiger partial charge in [0.15, 0.2) is 0 Å². The van der Waals surface area contributed by atoms with Gasteiger partial charge in [0.2, 0.25) is 0 Å². The summed E-state index contributed by atoms with van der Waals surface area (Å²) in [5.74, 6) is -0.493. The third-order valence-corrected chi connectivity index (χ3v) is 3.49. The summed E-state index contributed by atoms with van der Waals surface area (Å²) in [7, 11) is 0. The Balaban J connectivity index is 1.85. The molecule has 5 heteroatoms. The summed E-state index contributed by atoms with van der Waals surface area (Å²) >= 11 is 0. The first-order valence-electron chi connectivity index (χ1n) is 6.67. The highest BCUT2D eigenvalue weighted by atomic mass is 16.5. The number of nitrogens with zero attached hydrogens (tertiary/aromatic N) is 1. The maximum Gasteiger partial charge on any atom is 0.339 e. The maximum atomic E-state index is 10.9. The third kappa shape index (κ3) is 2.63. The second-order valence-corrected chi connectivity index (χ2v) is 4.89. The number of ether oxygens (including phenoxy) is 1. The number of benzene rings is 2. The monoisotopic (exact) mass is 285 g/mol. The van der Waals surface area contributed by atoms with Crippen molar-refractivity contribution in [2.45, 2.75) is 6.54 Å². The summed E-state index contributed by atoms with van der Waals surface area (Å²) in [6.07, 6.45) is 0. The molecule has 0 atom stereocenters. The number of aromatic hydroxyl groups is 1. The zero-order chi connectivity index (χ0) is 14.8. The second kappa shape index (κ2) is 5.36. The number of carboxylic acids is 1. The van der Waals surface area contributed by atoms with Crippen LogP contribution in [-0.4, -0.2) is 29.3 Å². The first kappa shape index (κ1) is 13.3. The molecule has 21 heavy (non-hydrogen) atoms. The lowest BCUT2D eigenvalue weighted by Gasteiger charge is -2.31. The Kier molecular flexibility index (Phi) is 3.39. The van der Waals surface area contributed by atoms with Gasteiger partial charge in [-0.2, -0.15) is 0 Å². The van der Waals surface area contributed by atoms with E-state index < -0.39 is 5.97 Å². The summed E-state index contributed by atoms with van der Waals surface area (Å²) in [6.45, 7) is 1.95. The van der Waals surface area contributed by atoms with Gasteiger partial charge >= 0.3 is 5.97 Å². The van der Waals surface area contributed by atoms with Crippen LogP contribution in [0.15, 0.2) is 42.5 Å². The average Bonchev–Trinajstić information content (AvgIpc) is 2.47. The molecule has 2 aromatic rings. The summed E-state index contributed by atoms with van der Waals surface area (Å²) in [5.41, 5.74) is 1.78. The molecule has 2 aromatic carbocycles. The normalized spacial score (nSPS) is 13.4. The van der Waals surface area contributed by atoms with Gasteiger partial charge in [0.05, 0.1) is 12.2 Å². The van der Waals surface area contributed by atoms with Gasteiger partial charge in [0, 0.05) is 6.54 Å². The van der Waals surface area contributed by atoms with Crippen LogP contribution in [-0.2, 0) is 6.54 Å². The molecule has 0 unspecified atom stereocenters. The largest absolute Gasteiger partial charge is 0.507 e. The van der Waals surface area contributed by atoms with Crippen LogP contribution in [0.1, 0.15) is 15.9 Å². The van der Waals surface area contributed by atoms with Gasteiger partial charge in [0.1, 0.15) is 23.7 Å². The standard InChI is InChI=1S/C16H15NO4/c18-14-9-11(5-6-12(14)16(19)20)10-17-7-8-21-15-4-2-1-3-13(15)17/h1-6,9,18H,7-8,10H2,(H,19,20). The minimum Gasteiger partial charge on any atom is -0.507 e. The SMILES string of the molecule is O=C(O)c1ccc(CN2CCOc3ccccc32)cc1O. The van der Waals surface area contributed by atoms with E-state index in [4.69, 9.17) is 9.84 Å². The molecule has 1 aliphatic heterocycles. The molecule has 0 aromatic heterocycles. The van der Waals surface area contributed by atoms with Crippen LogP contribution in [0.4, 0.5) is 5.69 Å². The lowest BCUT2D eigenvalue weighted by Crippen LogP contribution is -2.32. The van der Waals surface area contributed by atoms with Crippen LogP contribution in [0.2, 0.25) is 0 Å². The number of hydrogen-bond donors (Lipinski definition) is 2. The fourth-order valence-electron chi connectivity index (χ4n) is 2.47. The van der Waals surface area contributed by atoms with E-state index in [2.05, 4.69) is 4.90 Å². The van der Waals surface area contributed by atoms with Crippen molar-refractivity contribution in [1.29, 1.82) is 0 Å². The molecule has 0 fully saturated rings. The zero-order valence-electron chi connectivity index (χ0n) is 11.3. The summed E-state index contributed by atoms with van der Waals surface area (Å²) in [4.78, 5) is 13.0. The van der Waals surface area contributed by atoms with Gasteiger partial charge in [-0.05, 0) is 29.8 Å². The molecule has 2 N–H and O–H groups in total. The summed E-state index contributed by atoms with van der Waals surface area (Å²) in [6, 6.07) is 12.4. The molecule has 108 valence electrons. The van der Waals surface area contributed by atoms with Crippen molar-refractivity contribution in [1.82, 2.24) is 0 Å². The molecule has 1 heterocycles. The van der Waals surface area contributed by atoms with Gasteiger partial charge < -0.3 is 19.8 Å². The van der Waals surface area contributed by atoms with Crippen molar-refractivity contribution in [2.75, 3.05) is 18.1 Å². The first-order chi connectivity index (χ1) is 10.1. The third-order valence-electron chi connectivity index (χ3n) is 3.49. The molecule has 1 aliphatic rings. The molecule has 0 bridgehead atoms. The molecular weight excluding hydrogens is 270 g/mol. The summed E-state index contributed by atoms with van der Waals surface area (Å²) < 4.78 is 5.60. The number of rotatable bonds is 3. The Bertz CT molecular complexity index is 684. The Morgan fingerprint density at radius 1 is 1.24 bits per heavy atom. The topological polar surface area (TPSA) is 70.0 Å². The highest BCUT2D eigenvalue weighted by Gasteiger charge is 2.18. The molecule has 5 nitrogen and oxygen atoms in total. The van der Waals surface area contributed by atoms with E-state index in [0.29, 0.717) is 13.2 Å². The van der Waals surface area contributed by atoms with Gasteiger partial charge in [-0.1, -0.05) is 18.2 Å². The molecule has 0 saturated carbocycles. The van der Waals surface area contributed by atoms with E-state index in [-0.39, 0.29) is 11.3 Å². The van der Waals surface area contributed by atoms with E-state index >= 15 is 0 Å². The number of aromatic carboxylic acids is 1. The van der Waals surface area contributed by atoms with Crippen LogP contribution in [0.3, 0.4) is 0 Å². The van der Waals surface area contributed by atoms with Gasteiger partial charge in [-0.15, -0.1) is 0 Å². The zero-order valence-corrected chi connectivity index (χ0v) is 11.3. The lowest BCUT2D eigenvalue weighted by molar-refractivity contribution is 0.0693. The van der Waals surface area contributed by atoms with E-state index in [9.17, 15) is 9.90 Å². The van der Waals surface area contributed by atoms with Gasteiger partial charge in [-0.25, -0.2) is 4.79 Å². The van der Waals surface area contributed by atoms with Crippen LogP contribution in [0, 0.1) is 0 Å². The maximum absolute atomic E-state index is 10.9. The number of fused-ring (bicyclic) bond motifs is 1. The van der Waals surface area contributed by atoms with Crippen LogP contribution in [0.5, 0.6) is 11.5 Å². The van der Waals surface area contributed by atoms with E-state index in [1.54, 1.807) is 6.07 Å². The molecular formula is C16H15NO4. The number of anilines is 1. The van der Waals surface area contributed by atoms with E-state index in [1.807, 2.05) is 24.3 Å². The van der Waals surface area contributed by atoms with Crippen LogP contribution < -0.4 is 9.64 Å². The Morgan fingerprint density at radius 2 is 2.05 bits per heavy atom. The predicted molar refractivity (Wildman–Crippen MR) is 78.1 cm³/mol. The first-order valence-corrected chi connectivity index (χ1v) is 6.67. The minimum absolute atomic E-state index is 0.0823. The van der Waals surface area contributed by atoms with Crippen molar-refractivity contribution >= 4 is 11.7 Å². The fraction of sp³-hybridized carbons (Fsp3) is 0.188. The van der Waals surface area contributed by atoms with Crippen LogP contribution >= 0.6 is 0 Å². The number of para-hydroxylation sites is 2. The molecule has 0 amide bonds. The fourth-order valence-corrected chi connectivity index (χ4v) is 2.47. The highest BCUT2D eigenvalue weighted by Crippen LogP contribution is 2.32. The number of phenols is 1. The molecule has 0 spiro atoms. The van der Waals surface area contributed by atoms with Crippen molar-refractivity contribution in [2.24, 2.45) is 0 Å². The number of hydrogen-bond acceptors (Lipinski definition) is 4. The Hall–Kier alpha value is -2.69. The van der Waals surface area contributed by atoms with Crippen LogP contribution in [0.25, 0.3) is 0 Å². The minimum atomic E-state index is -1.13. The number of carbonyl (C=O) groups is 1. The van der Waals surface area contributed by atoms with Gasteiger partial charge in [-0.3, -0.25) is 0 Å². The quantitative estimate of drug-likeness (QED) is 0.906. The molecule has 0 aliphatic carbocycles. The average molecular weight is 285 g/mol. The molecule has 3 rings (SSSR count). The van der Waals surface area contributed by atoms with Crippen molar-refractivity contribution in [3.05, 3.63) is 53.6 Å². The Morgan fingerprint density at radius 3 is 2.81 bits per heavy atom. The highest BCUT2D eigenvalue weighted by molar-refractivity contribution is 5.90. The molecule has 0 saturated heterocycles.